The zero-order valence-corrected chi connectivity index (χ0v) is 17.1. The number of aromatic nitrogens is 2. The lowest BCUT2D eigenvalue weighted by atomic mass is 9.91. The fourth-order valence-electron chi connectivity index (χ4n) is 4.83. The number of fused-ring (bicyclic) bond motifs is 4. The van der Waals surface area contributed by atoms with Gasteiger partial charge in [-0.2, -0.15) is 0 Å². The van der Waals surface area contributed by atoms with E-state index in [2.05, 4.69) is 51.7 Å². The number of rotatable bonds is 3. The molecule has 4 heterocycles. The summed E-state index contributed by atoms with van der Waals surface area (Å²) in [5.41, 5.74) is 7.39. The number of nitrogens with one attached hydrogen (secondary N) is 1. The molecule has 154 valence electrons. The third kappa shape index (κ3) is 3.07. The van der Waals surface area contributed by atoms with Gasteiger partial charge in [0.25, 0.3) is 5.56 Å². The number of hydrogen-bond donors (Lipinski definition) is 1. The van der Waals surface area contributed by atoms with Gasteiger partial charge in [-0.1, -0.05) is 54.6 Å². The van der Waals surface area contributed by atoms with Crippen LogP contribution in [0, 0.1) is 5.92 Å². The lowest BCUT2D eigenvalue weighted by molar-refractivity contribution is 0.438. The minimum absolute atomic E-state index is 0.00998. The Kier molecular flexibility index (Phi) is 4.25. The van der Waals surface area contributed by atoms with Gasteiger partial charge in [-0.3, -0.25) is 9.20 Å². The predicted octanol–water partition coefficient (Wildman–Crippen LogP) is 3.40. The summed E-state index contributed by atoms with van der Waals surface area (Å²) >= 11 is 0. The Labute approximate surface area is 180 Å². The van der Waals surface area contributed by atoms with E-state index in [1.165, 1.54) is 5.56 Å². The Morgan fingerprint density at radius 2 is 1.65 bits per heavy atom. The number of nitrogens with zero attached hydrogens (tertiary/aromatic N) is 4. The minimum atomic E-state index is -0.0562. The van der Waals surface area contributed by atoms with Crippen LogP contribution in [0.2, 0.25) is 0 Å². The number of para-hydroxylation sites is 1. The van der Waals surface area contributed by atoms with Crippen molar-refractivity contribution in [3.05, 3.63) is 107 Å². The van der Waals surface area contributed by atoms with Gasteiger partial charge >= 0.3 is 0 Å². The van der Waals surface area contributed by atoms with Gasteiger partial charge in [-0.25, -0.2) is 10.4 Å². The van der Waals surface area contributed by atoms with Crippen LogP contribution >= 0.6 is 0 Å². The molecule has 2 aliphatic heterocycles. The van der Waals surface area contributed by atoms with E-state index in [4.69, 9.17) is 4.98 Å². The van der Waals surface area contributed by atoms with E-state index in [-0.39, 0.29) is 17.5 Å². The molecular formula is C25H23N5O. The van der Waals surface area contributed by atoms with E-state index in [0.29, 0.717) is 5.65 Å². The monoisotopic (exact) mass is 409 g/mol. The quantitative estimate of drug-likeness (QED) is 0.562. The van der Waals surface area contributed by atoms with Crippen molar-refractivity contribution in [1.82, 2.24) is 14.8 Å². The first kappa shape index (κ1) is 18.2. The second-order valence-corrected chi connectivity index (χ2v) is 8.26. The molecule has 1 N–H and O–H groups in total. The third-order valence-corrected chi connectivity index (χ3v) is 6.28. The molecule has 2 aliphatic rings. The third-order valence-electron chi connectivity index (χ3n) is 6.28. The summed E-state index contributed by atoms with van der Waals surface area (Å²) in [6, 6.07) is 26.3. The fraction of sp³-hybridized carbons (Fsp3) is 0.200. The molecule has 0 unspecified atom stereocenters. The molecule has 1 saturated heterocycles. The Hall–Kier alpha value is -3.64. The van der Waals surface area contributed by atoms with Gasteiger partial charge < -0.3 is 9.91 Å². The predicted molar refractivity (Wildman–Crippen MR) is 122 cm³/mol. The molecule has 0 bridgehead atoms. The number of hydrogen-bond acceptors (Lipinski definition) is 5. The van der Waals surface area contributed by atoms with Gasteiger partial charge in [-0.05, 0) is 29.8 Å². The summed E-state index contributed by atoms with van der Waals surface area (Å²) < 4.78 is 1.66. The average molecular weight is 409 g/mol. The van der Waals surface area contributed by atoms with E-state index in [1.807, 2.05) is 42.5 Å². The lowest BCUT2D eigenvalue weighted by Crippen LogP contribution is -2.43. The van der Waals surface area contributed by atoms with Crippen molar-refractivity contribution in [1.29, 1.82) is 0 Å². The Morgan fingerprint density at radius 3 is 2.45 bits per heavy atom. The Morgan fingerprint density at radius 1 is 0.903 bits per heavy atom. The van der Waals surface area contributed by atoms with Crippen LogP contribution in [0.3, 0.4) is 0 Å². The minimum Gasteiger partial charge on any atom is -0.351 e. The van der Waals surface area contributed by atoms with Crippen LogP contribution in [0.5, 0.6) is 0 Å². The van der Waals surface area contributed by atoms with E-state index < -0.39 is 0 Å². The van der Waals surface area contributed by atoms with Gasteiger partial charge in [0.2, 0.25) is 0 Å². The molecule has 0 amide bonds. The van der Waals surface area contributed by atoms with E-state index in [9.17, 15) is 4.79 Å². The van der Waals surface area contributed by atoms with Gasteiger partial charge in [0.05, 0.1) is 17.3 Å². The number of anilines is 2. The molecule has 0 saturated carbocycles. The molecule has 0 aliphatic carbocycles. The molecule has 6 rings (SSSR count). The van der Waals surface area contributed by atoms with Crippen LogP contribution in [0.4, 0.5) is 11.5 Å². The molecule has 2 aromatic carbocycles. The summed E-state index contributed by atoms with van der Waals surface area (Å²) in [7, 11) is 0. The topological polar surface area (TPSA) is 52.9 Å². The average Bonchev–Trinajstić information content (AvgIpc) is 3.24. The van der Waals surface area contributed by atoms with Crippen LogP contribution in [0.25, 0.3) is 5.65 Å². The van der Waals surface area contributed by atoms with Crippen LogP contribution in [0.15, 0.2) is 89.9 Å². The van der Waals surface area contributed by atoms with Crippen LogP contribution < -0.4 is 20.9 Å². The molecule has 4 aromatic rings. The van der Waals surface area contributed by atoms with Crippen LogP contribution in [0.1, 0.15) is 17.2 Å². The highest BCUT2D eigenvalue weighted by atomic mass is 16.1. The van der Waals surface area contributed by atoms with E-state index >= 15 is 0 Å². The summed E-state index contributed by atoms with van der Waals surface area (Å²) in [6.45, 7) is 2.42. The zero-order chi connectivity index (χ0) is 20.8. The van der Waals surface area contributed by atoms with Crippen molar-refractivity contribution in [2.24, 2.45) is 5.92 Å². The molecule has 1 fully saturated rings. The van der Waals surface area contributed by atoms with E-state index in [1.54, 1.807) is 10.6 Å². The lowest BCUT2D eigenvalue weighted by Gasteiger charge is -2.36. The molecule has 0 radical (unpaired) electrons. The molecule has 6 nitrogen and oxygen atoms in total. The summed E-state index contributed by atoms with van der Waals surface area (Å²) in [4.78, 5) is 20.8. The van der Waals surface area contributed by atoms with Crippen molar-refractivity contribution < 1.29 is 0 Å². The largest absolute Gasteiger partial charge is 0.351 e. The van der Waals surface area contributed by atoms with Gasteiger partial charge in [0, 0.05) is 31.7 Å². The summed E-state index contributed by atoms with van der Waals surface area (Å²) in [5, 5.41) is 2.17. The Balaban J connectivity index is 1.47. The smallest absolute Gasteiger partial charge is 0.264 e. The molecular weight excluding hydrogens is 386 g/mol. The van der Waals surface area contributed by atoms with E-state index in [0.717, 1.165) is 36.7 Å². The van der Waals surface area contributed by atoms with Crippen molar-refractivity contribution in [3.63, 3.8) is 0 Å². The highest BCUT2D eigenvalue weighted by molar-refractivity contribution is 5.59. The first-order valence-electron chi connectivity index (χ1n) is 10.7. The Bertz CT molecular complexity index is 1290. The number of benzene rings is 2. The molecule has 2 atom stereocenters. The van der Waals surface area contributed by atoms with Gasteiger partial charge in [0.1, 0.15) is 11.5 Å². The van der Waals surface area contributed by atoms with Crippen molar-refractivity contribution in [2.75, 3.05) is 23.0 Å². The summed E-state index contributed by atoms with van der Waals surface area (Å²) in [6.07, 6.45) is 1.81. The number of pyridine rings is 1. The SMILES string of the molecule is O=c1c2c(nc3ccccn13)N(Cc1ccccc1)C[C@H]1CN(c3ccccc3)N[C@@H]21. The second-order valence-electron chi connectivity index (χ2n) is 8.26. The highest BCUT2D eigenvalue weighted by Crippen LogP contribution is 2.39. The zero-order valence-electron chi connectivity index (χ0n) is 17.1. The normalized spacial score (nSPS) is 20.0. The van der Waals surface area contributed by atoms with Gasteiger partial charge in [0.15, 0.2) is 0 Å². The first-order valence-corrected chi connectivity index (χ1v) is 10.7. The first-order chi connectivity index (χ1) is 15.3. The maximum Gasteiger partial charge on any atom is 0.264 e. The van der Waals surface area contributed by atoms with Gasteiger partial charge in [-0.15, -0.1) is 0 Å². The van der Waals surface area contributed by atoms with Crippen molar-refractivity contribution >= 4 is 17.2 Å². The van der Waals surface area contributed by atoms with Crippen LogP contribution in [-0.2, 0) is 6.54 Å². The van der Waals surface area contributed by atoms with Crippen molar-refractivity contribution in [2.45, 2.75) is 12.6 Å². The maximum absolute atomic E-state index is 13.6. The number of hydrazine groups is 1. The highest BCUT2D eigenvalue weighted by Gasteiger charge is 2.43. The summed E-state index contributed by atoms with van der Waals surface area (Å²) in [5.74, 6) is 1.08. The van der Waals surface area contributed by atoms with Crippen molar-refractivity contribution in [3.8, 4) is 0 Å². The second kappa shape index (κ2) is 7.25. The fourth-order valence-corrected chi connectivity index (χ4v) is 4.83. The van der Waals surface area contributed by atoms with Crippen LogP contribution in [-0.4, -0.2) is 22.5 Å². The maximum atomic E-state index is 13.6. The molecule has 31 heavy (non-hydrogen) atoms. The molecule has 2 aromatic heterocycles. The standard InChI is InChI=1S/C25H23N5O/c31-25-22-23-19(17-30(27-23)20-11-5-2-6-12-20)16-28(15-18-9-3-1-4-10-18)24(22)26-21-13-7-8-14-29(21)25/h1-14,19,23,27H,15-17H2/t19-,23+/m0/s1. The molecule has 0 spiro atoms. The molecule has 6 heteroatoms.